The number of aromatic amines is 1. The monoisotopic (exact) mass is 406 g/mol. The molecule has 158 valence electrons. The zero-order valence-electron chi connectivity index (χ0n) is 18.1. The molecule has 1 aliphatic rings. The van der Waals surface area contributed by atoms with E-state index in [-0.39, 0.29) is 12.0 Å². The third-order valence-electron chi connectivity index (χ3n) is 6.36. The summed E-state index contributed by atoms with van der Waals surface area (Å²) < 4.78 is 0. The van der Waals surface area contributed by atoms with Crippen molar-refractivity contribution in [3.05, 3.63) is 71.2 Å². The molecule has 3 N–H and O–H groups in total. The largest absolute Gasteiger partial charge is 0.390 e. The molecule has 0 aliphatic carbocycles. The smallest absolute Gasteiger partial charge is 0.124 e. The number of H-pyrrole nitrogens is 1. The molecule has 1 saturated heterocycles. The van der Waals surface area contributed by atoms with Crippen LogP contribution in [0.25, 0.3) is 11.3 Å². The van der Waals surface area contributed by atoms with Crippen molar-refractivity contribution >= 4 is 0 Å². The third kappa shape index (κ3) is 3.35. The Kier molecular flexibility index (Phi) is 5.26. The molecule has 1 aromatic carbocycles. The zero-order valence-corrected chi connectivity index (χ0v) is 18.1. The maximum Gasteiger partial charge on any atom is 0.124 e. The lowest BCUT2D eigenvalue weighted by Crippen LogP contribution is -2.63. The van der Waals surface area contributed by atoms with Crippen LogP contribution in [0.3, 0.4) is 0 Å². The van der Waals surface area contributed by atoms with Crippen LogP contribution in [-0.2, 0) is 12.2 Å². The summed E-state index contributed by atoms with van der Waals surface area (Å²) in [4.78, 5) is 6.65. The Morgan fingerprint density at radius 2 is 1.83 bits per heavy atom. The molecule has 6 nitrogen and oxygen atoms in total. The lowest BCUT2D eigenvalue weighted by atomic mass is 9.62. The third-order valence-corrected chi connectivity index (χ3v) is 6.36. The topological polar surface area (TPSA) is 85.3 Å². The Labute approximate surface area is 177 Å². The maximum atomic E-state index is 12.3. The molecule has 0 spiro atoms. The summed E-state index contributed by atoms with van der Waals surface area (Å²) in [5.41, 5.74) is 3.48. The Morgan fingerprint density at radius 1 is 1.13 bits per heavy atom. The van der Waals surface area contributed by atoms with Gasteiger partial charge in [-0.15, -0.1) is 0 Å². The summed E-state index contributed by atoms with van der Waals surface area (Å²) in [6.07, 6.45) is 3.49. The van der Waals surface area contributed by atoms with Gasteiger partial charge in [-0.25, -0.2) is 0 Å². The second-order valence-corrected chi connectivity index (χ2v) is 9.12. The minimum atomic E-state index is -1.19. The summed E-state index contributed by atoms with van der Waals surface area (Å²) in [6, 6.07) is 12.1. The fourth-order valence-electron chi connectivity index (χ4n) is 4.72. The van der Waals surface area contributed by atoms with Gasteiger partial charge in [0.05, 0.1) is 18.0 Å². The molecular formula is C24H30N4O2. The van der Waals surface area contributed by atoms with Crippen molar-refractivity contribution in [2.75, 3.05) is 20.1 Å². The van der Waals surface area contributed by atoms with Crippen molar-refractivity contribution in [3.8, 4) is 11.3 Å². The lowest BCUT2D eigenvalue weighted by Gasteiger charge is -2.55. The minimum Gasteiger partial charge on any atom is -0.390 e. The van der Waals surface area contributed by atoms with Crippen LogP contribution in [-0.4, -0.2) is 50.4 Å². The number of aliphatic hydroxyl groups excluding tert-OH is 1. The van der Waals surface area contributed by atoms with E-state index in [1.807, 2.05) is 18.2 Å². The van der Waals surface area contributed by atoms with Crippen molar-refractivity contribution in [2.45, 2.75) is 38.9 Å². The van der Waals surface area contributed by atoms with Gasteiger partial charge in [-0.3, -0.25) is 10.1 Å². The summed E-state index contributed by atoms with van der Waals surface area (Å²) >= 11 is 0. The highest BCUT2D eigenvalue weighted by Gasteiger charge is 2.55. The van der Waals surface area contributed by atoms with Crippen molar-refractivity contribution in [1.29, 1.82) is 0 Å². The van der Waals surface area contributed by atoms with Gasteiger partial charge in [0.25, 0.3) is 0 Å². The predicted molar refractivity (Wildman–Crippen MR) is 117 cm³/mol. The molecule has 0 unspecified atom stereocenters. The molecule has 0 saturated carbocycles. The first-order chi connectivity index (χ1) is 14.3. The summed E-state index contributed by atoms with van der Waals surface area (Å²) in [5, 5.41) is 28.7. The molecule has 1 atom stereocenters. The number of hydrogen-bond acceptors (Lipinski definition) is 5. The number of aromatic nitrogens is 3. The van der Waals surface area contributed by atoms with Gasteiger partial charge in [0.2, 0.25) is 0 Å². The van der Waals surface area contributed by atoms with E-state index < -0.39 is 5.60 Å². The standard InChI is InChI=1S/C24H30N4O2/c1-16(2)17-5-7-19(8-6-17)24(30,23(3)14-28(4)15-23)20-9-18(11-25-12-20)22-10-21(13-29)26-27-22/h5-12,16,29-30H,13-15H2,1-4H3,(H,26,27)/t24-/m0/s1. The van der Waals surface area contributed by atoms with Crippen LogP contribution in [0.2, 0.25) is 0 Å². The van der Waals surface area contributed by atoms with Gasteiger partial charge in [-0.2, -0.15) is 5.10 Å². The Hall–Kier alpha value is -2.54. The first-order valence-corrected chi connectivity index (χ1v) is 10.4. The predicted octanol–water partition coefficient (Wildman–Crippen LogP) is 3.28. The molecule has 1 fully saturated rings. The minimum absolute atomic E-state index is 0.101. The second-order valence-electron chi connectivity index (χ2n) is 9.12. The van der Waals surface area contributed by atoms with Crippen LogP contribution >= 0.6 is 0 Å². The van der Waals surface area contributed by atoms with E-state index in [0.717, 1.165) is 29.8 Å². The number of hydrogen-bond donors (Lipinski definition) is 3. The van der Waals surface area contributed by atoms with E-state index in [1.54, 1.807) is 18.5 Å². The van der Waals surface area contributed by atoms with Gasteiger partial charge in [0.1, 0.15) is 5.60 Å². The van der Waals surface area contributed by atoms with Crippen LogP contribution < -0.4 is 0 Å². The molecule has 4 rings (SSSR count). The van der Waals surface area contributed by atoms with Gasteiger partial charge in [0, 0.05) is 42.0 Å². The van der Waals surface area contributed by atoms with Gasteiger partial charge in [-0.05, 0) is 36.2 Å². The van der Waals surface area contributed by atoms with Crippen LogP contribution in [0.5, 0.6) is 0 Å². The van der Waals surface area contributed by atoms with Crippen LogP contribution in [0.4, 0.5) is 0 Å². The number of nitrogens with one attached hydrogen (secondary N) is 1. The molecule has 30 heavy (non-hydrogen) atoms. The number of benzene rings is 1. The van der Waals surface area contributed by atoms with Crippen molar-refractivity contribution in [3.63, 3.8) is 0 Å². The van der Waals surface area contributed by atoms with E-state index in [0.29, 0.717) is 17.3 Å². The molecule has 3 heterocycles. The Morgan fingerprint density at radius 3 is 2.40 bits per heavy atom. The summed E-state index contributed by atoms with van der Waals surface area (Å²) in [7, 11) is 2.07. The van der Waals surface area contributed by atoms with Gasteiger partial charge < -0.3 is 15.1 Å². The van der Waals surface area contributed by atoms with Crippen LogP contribution in [0, 0.1) is 5.41 Å². The molecule has 1 aliphatic heterocycles. The molecule has 0 bridgehead atoms. The van der Waals surface area contributed by atoms with E-state index >= 15 is 0 Å². The fraction of sp³-hybridized carbons (Fsp3) is 0.417. The van der Waals surface area contributed by atoms with E-state index in [1.165, 1.54) is 5.56 Å². The van der Waals surface area contributed by atoms with Crippen LogP contribution in [0.1, 0.15) is 49.1 Å². The molecule has 6 heteroatoms. The van der Waals surface area contributed by atoms with Crippen molar-refractivity contribution < 1.29 is 10.2 Å². The Bertz CT molecular complexity index is 1020. The lowest BCUT2D eigenvalue weighted by molar-refractivity contribution is -0.127. The Balaban J connectivity index is 1.82. The molecular weight excluding hydrogens is 376 g/mol. The highest BCUT2D eigenvalue weighted by atomic mass is 16.3. The number of likely N-dealkylation sites (tertiary alicyclic amines) is 1. The normalized spacial score (nSPS) is 18.2. The highest BCUT2D eigenvalue weighted by molar-refractivity contribution is 5.60. The maximum absolute atomic E-state index is 12.3. The summed E-state index contributed by atoms with van der Waals surface area (Å²) in [6.45, 7) is 7.95. The van der Waals surface area contributed by atoms with E-state index in [9.17, 15) is 10.2 Å². The molecule has 3 aromatic rings. The van der Waals surface area contributed by atoms with Crippen molar-refractivity contribution in [2.24, 2.45) is 5.41 Å². The zero-order chi connectivity index (χ0) is 21.5. The molecule has 2 aromatic heterocycles. The number of aliphatic hydroxyl groups is 2. The number of rotatable bonds is 6. The van der Waals surface area contributed by atoms with Gasteiger partial charge >= 0.3 is 0 Å². The van der Waals surface area contributed by atoms with Crippen molar-refractivity contribution in [1.82, 2.24) is 20.1 Å². The highest BCUT2D eigenvalue weighted by Crippen LogP contribution is 2.50. The van der Waals surface area contributed by atoms with E-state index in [2.05, 4.69) is 60.0 Å². The first-order valence-electron chi connectivity index (χ1n) is 10.4. The SMILES string of the molecule is CC(C)c1ccc([C@](O)(c2cncc(-c3cc(CO)[nH]n3)c2)C2(C)CN(C)C2)cc1. The van der Waals surface area contributed by atoms with Crippen LogP contribution in [0.15, 0.2) is 48.8 Å². The second kappa shape index (κ2) is 7.61. The number of nitrogens with zero attached hydrogens (tertiary/aromatic N) is 3. The van der Waals surface area contributed by atoms with Gasteiger partial charge in [0.15, 0.2) is 0 Å². The van der Waals surface area contributed by atoms with Gasteiger partial charge in [-0.1, -0.05) is 45.0 Å². The van der Waals surface area contributed by atoms with E-state index in [4.69, 9.17) is 0 Å². The average Bonchev–Trinajstić information content (AvgIpc) is 3.21. The molecule has 0 radical (unpaired) electrons. The average molecular weight is 407 g/mol. The quantitative estimate of drug-likeness (QED) is 0.585. The fourth-order valence-corrected chi connectivity index (χ4v) is 4.72. The number of pyridine rings is 1. The first kappa shape index (κ1) is 20.7. The molecule has 0 amide bonds. The summed E-state index contributed by atoms with van der Waals surface area (Å²) in [5.74, 6) is 0.433.